The first-order valence-corrected chi connectivity index (χ1v) is 11.3. The molecule has 0 saturated heterocycles. The summed E-state index contributed by atoms with van der Waals surface area (Å²) in [6.07, 6.45) is 19.7. The third-order valence-electron chi connectivity index (χ3n) is 5.35. The molecule has 1 rings (SSSR count). The van der Waals surface area contributed by atoms with Gasteiger partial charge in [-0.25, -0.2) is 0 Å². The van der Waals surface area contributed by atoms with Crippen LogP contribution >= 0.6 is 0 Å². The molecule has 0 saturated carbocycles. The fourth-order valence-corrected chi connectivity index (χ4v) is 3.68. The maximum Gasteiger partial charge on any atom is 0.131 e. The van der Waals surface area contributed by atoms with Crippen LogP contribution in [0.4, 0.5) is 5.69 Å². The van der Waals surface area contributed by atoms with Crippen LogP contribution in [0.2, 0.25) is 0 Å². The minimum atomic E-state index is 1.31. The number of nitrogens with one attached hydrogen (secondary N) is 1. The molecule has 0 atom stereocenters. The Hall–Kier alpha value is -0.820. The van der Waals surface area contributed by atoms with E-state index in [1.807, 2.05) is 0 Å². The van der Waals surface area contributed by atoms with Crippen LogP contribution in [0.1, 0.15) is 104 Å². The Balaban J connectivity index is 2.21. The van der Waals surface area contributed by atoms with Crippen LogP contribution in [-0.4, -0.2) is 13.1 Å². The van der Waals surface area contributed by atoms with Crippen LogP contribution in [0.5, 0.6) is 0 Å². The smallest absolute Gasteiger partial charge is 0.131 e. The highest BCUT2D eigenvalue weighted by molar-refractivity contribution is 5.27. The van der Waals surface area contributed by atoms with E-state index in [0.29, 0.717) is 0 Å². The summed E-state index contributed by atoms with van der Waals surface area (Å²) >= 11 is 0. The first-order chi connectivity index (χ1) is 12.4. The molecule has 0 aliphatic heterocycles. The highest BCUT2D eigenvalue weighted by Gasteiger charge is 2.11. The van der Waals surface area contributed by atoms with E-state index < -0.39 is 0 Å². The molecule has 0 aliphatic carbocycles. The van der Waals surface area contributed by atoms with Gasteiger partial charge in [0.05, 0.1) is 13.1 Å². The minimum Gasteiger partial charge on any atom is -0.302 e. The molecule has 0 radical (unpaired) electrons. The Kier molecular flexibility index (Phi) is 14.8. The van der Waals surface area contributed by atoms with Crippen molar-refractivity contribution in [2.75, 3.05) is 13.1 Å². The van der Waals surface area contributed by atoms with Crippen LogP contribution in [0.15, 0.2) is 30.3 Å². The molecular weight excluding hydrogens is 302 g/mol. The quantitative estimate of drug-likeness (QED) is 0.299. The zero-order valence-corrected chi connectivity index (χ0v) is 17.2. The van der Waals surface area contributed by atoms with E-state index >= 15 is 0 Å². The molecule has 0 aromatic heterocycles. The van der Waals surface area contributed by atoms with Gasteiger partial charge in [0, 0.05) is 0 Å². The molecule has 1 aromatic carbocycles. The monoisotopic (exact) mass is 346 g/mol. The summed E-state index contributed by atoms with van der Waals surface area (Å²) in [5, 5.41) is 0. The molecule has 0 aliphatic rings. The van der Waals surface area contributed by atoms with E-state index in [9.17, 15) is 0 Å². The molecule has 0 spiro atoms. The molecule has 0 unspecified atom stereocenters. The van der Waals surface area contributed by atoms with E-state index in [-0.39, 0.29) is 0 Å². The van der Waals surface area contributed by atoms with Gasteiger partial charge in [0.2, 0.25) is 0 Å². The number of para-hydroxylation sites is 1. The van der Waals surface area contributed by atoms with Gasteiger partial charge in [-0.15, -0.1) is 0 Å². The highest BCUT2D eigenvalue weighted by Crippen LogP contribution is 2.08. The van der Waals surface area contributed by atoms with Crippen molar-refractivity contribution >= 4 is 5.69 Å². The molecule has 0 heterocycles. The summed E-state index contributed by atoms with van der Waals surface area (Å²) in [7, 11) is 0. The lowest BCUT2D eigenvalue weighted by Crippen LogP contribution is -3.07. The number of quaternary nitrogens is 1. The van der Waals surface area contributed by atoms with Crippen molar-refractivity contribution in [2.24, 2.45) is 0 Å². The predicted molar refractivity (Wildman–Crippen MR) is 113 cm³/mol. The summed E-state index contributed by atoms with van der Waals surface area (Å²) in [6.45, 7) is 7.22. The maximum absolute atomic E-state index is 2.32. The van der Waals surface area contributed by atoms with Crippen LogP contribution in [0.25, 0.3) is 0 Å². The van der Waals surface area contributed by atoms with Gasteiger partial charge < -0.3 is 4.90 Å². The number of hydrogen-bond acceptors (Lipinski definition) is 0. The first-order valence-electron chi connectivity index (χ1n) is 11.3. The van der Waals surface area contributed by atoms with Crippen molar-refractivity contribution in [3.05, 3.63) is 30.3 Å². The number of benzene rings is 1. The van der Waals surface area contributed by atoms with Gasteiger partial charge in [-0.3, -0.25) is 0 Å². The highest BCUT2D eigenvalue weighted by atomic mass is 15.1. The fraction of sp³-hybridized carbons (Fsp3) is 0.750. The van der Waals surface area contributed by atoms with Gasteiger partial charge in [0.25, 0.3) is 0 Å². The van der Waals surface area contributed by atoms with Crippen molar-refractivity contribution < 1.29 is 4.90 Å². The van der Waals surface area contributed by atoms with Crippen molar-refractivity contribution in [1.82, 2.24) is 0 Å². The topological polar surface area (TPSA) is 4.44 Å². The van der Waals surface area contributed by atoms with Crippen LogP contribution in [0.3, 0.4) is 0 Å². The normalized spacial score (nSPS) is 11.3. The van der Waals surface area contributed by atoms with E-state index in [2.05, 4.69) is 44.2 Å². The molecule has 0 amide bonds. The first kappa shape index (κ1) is 22.2. The van der Waals surface area contributed by atoms with E-state index in [1.54, 1.807) is 4.90 Å². The van der Waals surface area contributed by atoms with Crippen molar-refractivity contribution in [3.63, 3.8) is 0 Å². The standard InChI is InChI=1S/C24H43N/c1-3-5-7-9-11-13-18-22-25(24-20-16-15-17-21-24)23-19-14-12-10-8-6-4-2/h15-17,20-21H,3-14,18-19,22-23H2,1-2H3/p+1. The van der Waals surface area contributed by atoms with Crippen LogP contribution in [0, 0.1) is 0 Å². The summed E-state index contributed by atoms with van der Waals surface area (Å²) < 4.78 is 0. The molecule has 1 aromatic rings. The Morgan fingerprint density at radius 1 is 0.520 bits per heavy atom. The van der Waals surface area contributed by atoms with Gasteiger partial charge in [-0.1, -0.05) is 96.3 Å². The lowest BCUT2D eigenvalue weighted by molar-refractivity contribution is -0.833. The molecule has 1 nitrogen and oxygen atoms in total. The zero-order chi connectivity index (χ0) is 18.0. The van der Waals surface area contributed by atoms with Crippen molar-refractivity contribution in [3.8, 4) is 0 Å². The Morgan fingerprint density at radius 2 is 0.920 bits per heavy atom. The molecular formula is C24H44N+. The number of unbranched alkanes of at least 4 members (excludes halogenated alkanes) is 12. The summed E-state index contributed by atoms with van der Waals surface area (Å²) in [4.78, 5) is 1.71. The van der Waals surface area contributed by atoms with Gasteiger partial charge in [0.15, 0.2) is 0 Å². The van der Waals surface area contributed by atoms with Gasteiger partial charge in [-0.05, 0) is 37.8 Å². The second kappa shape index (κ2) is 16.6. The Labute approximate surface area is 158 Å². The van der Waals surface area contributed by atoms with Crippen molar-refractivity contribution in [1.29, 1.82) is 0 Å². The maximum atomic E-state index is 2.32. The van der Waals surface area contributed by atoms with E-state index in [4.69, 9.17) is 0 Å². The van der Waals surface area contributed by atoms with Gasteiger partial charge >= 0.3 is 0 Å². The lowest BCUT2D eigenvalue weighted by Gasteiger charge is -2.19. The second-order valence-electron chi connectivity index (χ2n) is 7.71. The average molecular weight is 347 g/mol. The molecule has 0 bridgehead atoms. The van der Waals surface area contributed by atoms with Crippen molar-refractivity contribution in [2.45, 2.75) is 104 Å². The van der Waals surface area contributed by atoms with E-state index in [1.165, 1.54) is 109 Å². The predicted octanol–water partition coefficient (Wildman–Crippen LogP) is 6.70. The van der Waals surface area contributed by atoms with Crippen LogP contribution < -0.4 is 4.90 Å². The Morgan fingerprint density at radius 3 is 1.36 bits per heavy atom. The lowest BCUT2D eigenvalue weighted by atomic mass is 10.1. The van der Waals surface area contributed by atoms with Crippen LogP contribution in [-0.2, 0) is 0 Å². The molecule has 0 fully saturated rings. The summed E-state index contributed by atoms with van der Waals surface area (Å²) in [5.74, 6) is 0. The third kappa shape index (κ3) is 12.2. The Bertz CT molecular complexity index is 355. The second-order valence-corrected chi connectivity index (χ2v) is 7.71. The minimum absolute atomic E-state index is 1.31. The summed E-state index contributed by atoms with van der Waals surface area (Å²) in [6, 6.07) is 11.2. The fourth-order valence-electron chi connectivity index (χ4n) is 3.68. The summed E-state index contributed by atoms with van der Waals surface area (Å²) in [5.41, 5.74) is 1.50. The third-order valence-corrected chi connectivity index (χ3v) is 5.35. The number of hydrogen-bond donors (Lipinski definition) is 1. The molecule has 144 valence electrons. The van der Waals surface area contributed by atoms with Gasteiger partial charge in [-0.2, -0.15) is 0 Å². The molecule has 1 N–H and O–H groups in total. The van der Waals surface area contributed by atoms with Gasteiger partial charge in [0.1, 0.15) is 5.69 Å². The zero-order valence-electron chi connectivity index (χ0n) is 17.2. The largest absolute Gasteiger partial charge is 0.302 e. The average Bonchev–Trinajstić information content (AvgIpc) is 2.65. The van der Waals surface area contributed by atoms with E-state index in [0.717, 1.165) is 0 Å². The SMILES string of the molecule is CCCCCCCCC[NH+](CCCCCCCCC)c1ccccc1. The number of rotatable bonds is 17. The molecule has 25 heavy (non-hydrogen) atoms. The molecule has 1 heteroatoms.